The number of carbonyl (C=O) groups excluding carboxylic acids is 1. The van der Waals surface area contributed by atoms with E-state index in [0.29, 0.717) is 6.54 Å². The Hall–Kier alpha value is -2.21. The molecule has 4 rings (SSSR count). The number of piperidine rings is 1. The summed E-state index contributed by atoms with van der Waals surface area (Å²) in [5.74, 6) is 2.13. The molecule has 1 saturated heterocycles. The Morgan fingerprint density at radius 2 is 2.08 bits per heavy atom. The number of aromatic nitrogens is 3. The van der Waals surface area contributed by atoms with Crippen molar-refractivity contribution in [3.63, 3.8) is 0 Å². The molecule has 2 aliphatic rings. The molecule has 2 aromatic rings. The fourth-order valence-electron chi connectivity index (χ4n) is 3.80. The highest BCUT2D eigenvalue weighted by molar-refractivity contribution is 5.79. The summed E-state index contributed by atoms with van der Waals surface area (Å²) in [6.07, 6.45) is 2.06. The number of rotatable bonds is 2. The minimum absolute atomic E-state index is 0.106. The van der Waals surface area contributed by atoms with Crippen molar-refractivity contribution >= 4 is 5.91 Å². The summed E-state index contributed by atoms with van der Waals surface area (Å²) in [4.78, 5) is 14.8. The quantitative estimate of drug-likeness (QED) is 0.915. The number of amides is 1. The lowest BCUT2D eigenvalue weighted by Gasteiger charge is -2.35. The maximum absolute atomic E-state index is 12.8. The van der Waals surface area contributed by atoms with Gasteiger partial charge in [0.25, 0.3) is 0 Å². The topological polar surface area (TPSA) is 63.1 Å². The highest BCUT2D eigenvalue weighted by atomic mass is 16.2. The van der Waals surface area contributed by atoms with Crippen LogP contribution in [0.5, 0.6) is 0 Å². The molecular formula is C18H23N5O. The molecule has 2 atom stereocenters. The molecule has 0 saturated carbocycles. The highest BCUT2D eigenvalue weighted by Gasteiger charge is 2.33. The number of nitrogens with zero attached hydrogens (tertiary/aromatic N) is 4. The van der Waals surface area contributed by atoms with E-state index in [2.05, 4.69) is 39.1 Å². The van der Waals surface area contributed by atoms with Gasteiger partial charge in [0, 0.05) is 18.7 Å². The SMILES string of the molecule is C[C@H]1CN(C(=O)[C@@H]2CCCNC2)Cc2nnc(-c3ccccc3)n21. The van der Waals surface area contributed by atoms with E-state index < -0.39 is 0 Å². The summed E-state index contributed by atoms with van der Waals surface area (Å²) >= 11 is 0. The van der Waals surface area contributed by atoms with Crippen molar-refractivity contribution in [1.29, 1.82) is 0 Å². The lowest BCUT2D eigenvalue weighted by atomic mass is 9.97. The van der Waals surface area contributed by atoms with Crippen molar-refractivity contribution in [2.24, 2.45) is 5.92 Å². The molecule has 6 nitrogen and oxygen atoms in total. The third-order valence-electron chi connectivity index (χ3n) is 5.01. The van der Waals surface area contributed by atoms with Crippen molar-refractivity contribution in [3.8, 4) is 11.4 Å². The van der Waals surface area contributed by atoms with Crippen molar-refractivity contribution < 1.29 is 4.79 Å². The normalized spacial score (nSPS) is 23.8. The van der Waals surface area contributed by atoms with Crippen LogP contribution in [0, 0.1) is 5.92 Å². The van der Waals surface area contributed by atoms with Crippen LogP contribution in [-0.2, 0) is 11.3 Å². The number of benzene rings is 1. The molecule has 2 aliphatic heterocycles. The predicted octanol–water partition coefficient (Wildman–Crippen LogP) is 1.85. The molecule has 1 amide bonds. The second-order valence-electron chi connectivity index (χ2n) is 6.79. The Labute approximate surface area is 141 Å². The van der Waals surface area contributed by atoms with Crippen LogP contribution < -0.4 is 5.32 Å². The smallest absolute Gasteiger partial charge is 0.227 e. The molecule has 0 aliphatic carbocycles. The molecule has 0 spiro atoms. The Balaban J connectivity index is 1.58. The van der Waals surface area contributed by atoms with E-state index >= 15 is 0 Å². The predicted molar refractivity (Wildman–Crippen MR) is 91.2 cm³/mol. The molecule has 0 radical (unpaired) electrons. The zero-order valence-electron chi connectivity index (χ0n) is 14.0. The van der Waals surface area contributed by atoms with Crippen molar-refractivity contribution in [3.05, 3.63) is 36.2 Å². The maximum atomic E-state index is 12.8. The molecule has 1 fully saturated rings. The Bertz CT molecular complexity index is 720. The van der Waals surface area contributed by atoms with Gasteiger partial charge < -0.3 is 14.8 Å². The first-order valence-corrected chi connectivity index (χ1v) is 8.72. The van der Waals surface area contributed by atoms with Crippen LogP contribution in [-0.4, -0.2) is 45.2 Å². The van der Waals surface area contributed by atoms with Crippen LogP contribution in [0.4, 0.5) is 0 Å². The molecule has 6 heteroatoms. The van der Waals surface area contributed by atoms with Gasteiger partial charge >= 0.3 is 0 Å². The first-order chi connectivity index (χ1) is 11.7. The summed E-state index contributed by atoms with van der Waals surface area (Å²) in [7, 11) is 0. The molecule has 126 valence electrons. The van der Waals surface area contributed by atoms with Crippen LogP contribution >= 0.6 is 0 Å². The third kappa shape index (κ3) is 2.71. The summed E-state index contributed by atoms with van der Waals surface area (Å²) in [5.41, 5.74) is 1.07. The highest BCUT2D eigenvalue weighted by Crippen LogP contribution is 2.28. The van der Waals surface area contributed by atoms with E-state index in [9.17, 15) is 4.79 Å². The van der Waals surface area contributed by atoms with Crippen molar-refractivity contribution in [2.45, 2.75) is 32.4 Å². The fourth-order valence-corrected chi connectivity index (χ4v) is 3.80. The van der Waals surface area contributed by atoms with Gasteiger partial charge in [0.05, 0.1) is 18.5 Å². The van der Waals surface area contributed by atoms with E-state index in [4.69, 9.17) is 0 Å². The molecule has 3 heterocycles. The second kappa shape index (κ2) is 6.36. The van der Waals surface area contributed by atoms with Gasteiger partial charge in [-0.05, 0) is 26.3 Å². The Kier molecular flexibility index (Phi) is 4.06. The lowest BCUT2D eigenvalue weighted by molar-refractivity contribution is -0.138. The lowest BCUT2D eigenvalue weighted by Crippen LogP contribution is -2.46. The average Bonchev–Trinajstić information content (AvgIpc) is 3.07. The van der Waals surface area contributed by atoms with Crippen LogP contribution in [0.25, 0.3) is 11.4 Å². The van der Waals surface area contributed by atoms with Crippen LogP contribution in [0.3, 0.4) is 0 Å². The minimum atomic E-state index is 0.106. The third-order valence-corrected chi connectivity index (χ3v) is 5.01. The van der Waals surface area contributed by atoms with Crippen LogP contribution in [0.15, 0.2) is 30.3 Å². The first-order valence-electron chi connectivity index (χ1n) is 8.72. The zero-order valence-corrected chi connectivity index (χ0v) is 14.0. The van der Waals surface area contributed by atoms with Gasteiger partial charge in [-0.25, -0.2) is 0 Å². The van der Waals surface area contributed by atoms with Gasteiger partial charge in [0.2, 0.25) is 5.91 Å². The van der Waals surface area contributed by atoms with Gasteiger partial charge in [-0.3, -0.25) is 4.79 Å². The number of hydrogen-bond acceptors (Lipinski definition) is 4. The molecule has 24 heavy (non-hydrogen) atoms. The number of hydrogen-bond donors (Lipinski definition) is 1. The monoisotopic (exact) mass is 325 g/mol. The van der Waals surface area contributed by atoms with E-state index in [1.54, 1.807) is 0 Å². The zero-order chi connectivity index (χ0) is 16.5. The Morgan fingerprint density at radius 1 is 1.25 bits per heavy atom. The molecule has 1 aromatic carbocycles. The number of fused-ring (bicyclic) bond motifs is 1. The summed E-state index contributed by atoms with van der Waals surface area (Å²) in [6.45, 7) is 5.23. The largest absolute Gasteiger partial charge is 0.333 e. The van der Waals surface area contributed by atoms with Gasteiger partial charge in [0.15, 0.2) is 11.6 Å². The maximum Gasteiger partial charge on any atom is 0.227 e. The van der Waals surface area contributed by atoms with Crippen LogP contribution in [0.1, 0.15) is 31.6 Å². The second-order valence-corrected chi connectivity index (χ2v) is 6.79. The number of nitrogens with one attached hydrogen (secondary N) is 1. The molecule has 1 N–H and O–H groups in total. The first kappa shape index (κ1) is 15.3. The molecule has 0 unspecified atom stereocenters. The molecule has 1 aromatic heterocycles. The minimum Gasteiger partial charge on any atom is -0.333 e. The van der Waals surface area contributed by atoms with E-state index in [1.165, 1.54) is 0 Å². The molecule has 0 bridgehead atoms. The van der Waals surface area contributed by atoms with E-state index in [-0.39, 0.29) is 17.9 Å². The summed E-state index contributed by atoms with van der Waals surface area (Å²) in [6, 6.07) is 10.3. The standard InChI is InChI=1S/C18H23N5O/c1-13-11-22(18(24)15-8-5-9-19-10-15)12-16-20-21-17(23(13)16)14-6-3-2-4-7-14/h2-4,6-7,13,15,19H,5,8-12H2,1H3/t13-,15+/m0/s1. The van der Waals surface area contributed by atoms with Crippen molar-refractivity contribution in [2.75, 3.05) is 19.6 Å². The van der Waals surface area contributed by atoms with Gasteiger partial charge in [-0.1, -0.05) is 30.3 Å². The van der Waals surface area contributed by atoms with Crippen LogP contribution in [0.2, 0.25) is 0 Å². The summed E-state index contributed by atoms with van der Waals surface area (Å²) < 4.78 is 2.18. The summed E-state index contributed by atoms with van der Waals surface area (Å²) in [5, 5.41) is 12.1. The van der Waals surface area contributed by atoms with E-state index in [0.717, 1.165) is 49.7 Å². The average molecular weight is 325 g/mol. The van der Waals surface area contributed by atoms with Gasteiger partial charge in [-0.2, -0.15) is 0 Å². The molecular weight excluding hydrogens is 302 g/mol. The number of carbonyl (C=O) groups is 1. The Morgan fingerprint density at radius 3 is 2.83 bits per heavy atom. The fraction of sp³-hybridized carbons (Fsp3) is 0.500. The van der Waals surface area contributed by atoms with Gasteiger partial charge in [0.1, 0.15) is 0 Å². The van der Waals surface area contributed by atoms with Crippen molar-refractivity contribution in [1.82, 2.24) is 25.0 Å². The van der Waals surface area contributed by atoms with E-state index in [1.807, 2.05) is 23.1 Å². The van der Waals surface area contributed by atoms with Gasteiger partial charge in [-0.15, -0.1) is 10.2 Å².